The number of aromatic nitrogens is 4. The zero-order valence-corrected chi connectivity index (χ0v) is 19.3. The van der Waals surface area contributed by atoms with E-state index in [9.17, 15) is 14.0 Å². The van der Waals surface area contributed by atoms with E-state index in [2.05, 4.69) is 15.5 Å². The number of hydrogen-bond acceptors (Lipinski definition) is 5. The average molecular weight is 474 g/mol. The molecule has 1 amide bonds. The molecule has 0 unspecified atom stereocenters. The Kier molecular flexibility index (Phi) is 5.62. The van der Waals surface area contributed by atoms with Gasteiger partial charge in [0.15, 0.2) is 5.16 Å². The number of nitrogens with zero attached hydrogens (tertiary/aromatic N) is 4. The molecule has 0 aliphatic rings. The third-order valence-electron chi connectivity index (χ3n) is 5.47. The molecule has 2 heterocycles. The van der Waals surface area contributed by atoms with Crippen LogP contribution in [0.25, 0.3) is 22.4 Å². The van der Waals surface area contributed by atoms with Crippen molar-refractivity contribution in [3.05, 3.63) is 94.0 Å². The van der Waals surface area contributed by atoms with Crippen molar-refractivity contribution in [2.45, 2.75) is 19.0 Å². The number of amides is 1. The van der Waals surface area contributed by atoms with E-state index in [0.29, 0.717) is 27.5 Å². The van der Waals surface area contributed by atoms with Crippen molar-refractivity contribution in [1.29, 1.82) is 0 Å². The number of fused-ring (bicyclic) bond motifs is 3. The quantitative estimate of drug-likeness (QED) is 0.380. The fourth-order valence-electron chi connectivity index (χ4n) is 3.92. The minimum atomic E-state index is -0.503. The molecule has 0 radical (unpaired) electrons. The maximum atomic E-state index is 13.9. The molecule has 0 spiro atoms. The Morgan fingerprint density at radius 1 is 1.03 bits per heavy atom. The second kappa shape index (κ2) is 8.75. The van der Waals surface area contributed by atoms with Crippen LogP contribution in [0.1, 0.15) is 11.1 Å². The van der Waals surface area contributed by atoms with Gasteiger partial charge < -0.3 is 5.32 Å². The summed E-state index contributed by atoms with van der Waals surface area (Å²) in [6.07, 6.45) is 0. The first-order valence-electron chi connectivity index (χ1n) is 10.6. The number of para-hydroxylation sites is 2. The molecule has 34 heavy (non-hydrogen) atoms. The first kappa shape index (κ1) is 21.8. The SMILES string of the molecule is Cc1ccc(-n2c(=O)c3ccccc3n3c(SCC(=O)Nc4ccccc4F)nnc23)c(C)c1. The van der Waals surface area contributed by atoms with E-state index in [-0.39, 0.29) is 22.9 Å². The Balaban J connectivity index is 1.58. The van der Waals surface area contributed by atoms with Gasteiger partial charge in [0.2, 0.25) is 11.7 Å². The summed E-state index contributed by atoms with van der Waals surface area (Å²) in [6.45, 7) is 3.94. The second-order valence-electron chi connectivity index (χ2n) is 7.88. The van der Waals surface area contributed by atoms with Crippen LogP contribution in [0, 0.1) is 19.7 Å². The van der Waals surface area contributed by atoms with Gasteiger partial charge in [0.25, 0.3) is 5.56 Å². The summed E-state index contributed by atoms with van der Waals surface area (Å²) in [4.78, 5) is 25.9. The van der Waals surface area contributed by atoms with Gasteiger partial charge in [0, 0.05) is 0 Å². The summed E-state index contributed by atoms with van der Waals surface area (Å²) in [5.41, 5.74) is 3.30. The van der Waals surface area contributed by atoms with Crippen molar-refractivity contribution in [3.8, 4) is 5.69 Å². The van der Waals surface area contributed by atoms with E-state index in [1.54, 1.807) is 33.2 Å². The molecule has 0 aliphatic heterocycles. The predicted molar refractivity (Wildman–Crippen MR) is 131 cm³/mol. The summed E-state index contributed by atoms with van der Waals surface area (Å²) in [7, 11) is 0. The van der Waals surface area contributed by atoms with Crippen molar-refractivity contribution in [2.75, 3.05) is 11.1 Å². The maximum Gasteiger partial charge on any atom is 0.267 e. The number of anilines is 1. The monoisotopic (exact) mass is 473 g/mol. The van der Waals surface area contributed by atoms with Crippen molar-refractivity contribution in [2.24, 2.45) is 0 Å². The minimum Gasteiger partial charge on any atom is -0.323 e. The van der Waals surface area contributed by atoms with Crippen molar-refractivity contribution < 1.29 is 9.18 Å². The van der Waals surface area contributed by atoms with Gasteiger partial charge in [-0.1, -0.05) is 53.7 Å². The van der Waals surface area contributed by atoms with Crippen LogP contribution in [0.4, 0.5) is 10.1 Å². The van der Waals surface area contributed by atoms with Gasteiger partial charge in [0.1, 0.15) is 5.82 Å². The number of carbonyl (C=O) groups excluding carboxylic acids is 1. The van der Waals surface area contributed by atoms with Crippen LogP contribution in [0.15, 0.2) is 76.7 Å². The van der Waals surface area contributed by atoms with Gasteiger partial charge in [-0.2, -0.15) is 0 Å². The molecule has 0 atom stereocenters. The molecule has 0 saturated carbocycles. The lowest BCUT2D eigenvalue weighted by Crippen LogP contribution is -2.22. The molecular formula is C25H20FN5O2S. The van der Waals surface area contributed by atoms with Crippen LogP contribution in [-0.4, -0.2) is 30.8 Å². The zero-order chi connectivity index (χ0) is 23.8. The normalized spacial score (nSPS) is 11.3. The Morgan fingerprint density at radius 3 is 2.59 bits per heavy atom. The van der Waals surface area contributed by atoms with E-state index >= 15 is 0 Å². The fourth-order valence-corrected chi connectivity index (χ4v) is 4.66. The molecular weight excluding hydrogens is 453 g/mol. The van der Waals surface area contributed by atoms with E-state index in [1.807, 2.05) is 44.2 Å². The number of thioether (sulfide) groups is 1. The van der Waals surface area contributed by atoms with Crippen molar-refractivity contribution in [3.63, 3.8) is 0 Å². The molecule has 3 aromatic carbocycles. The number of hydrogen-bond donors (Lipinski definition) is 1. The Bertz CT molecular complexity index is 1630. The predicted octanol–water partition coefficient (Wildman–Crippen LogP) is 4.52. The van der Waals surface area contributed by atoms with Crippen molar-refractivity contribution in [1.82, 2.24) is 19.2 Å². The average Bonchev–Trinajstić information content (AvgIpc) is 3.24. The highest BCUT2D eigenvalue weighted by Gasteiger charge is 2.19. The minimum absolute atomic E-state index is 0.00780. The summed E-state index contributed by atoms with van der Waals surface area (Å²) < 4.78 is 17.2. The molecule has 2 aromatic heterocycles. The van der Waals surface area contributed by atoms with E-state index in [1.165, 1.54) is 12.1 Å². The third-order valence-corrected chi connectivity index (χ3v) is 6.40. The summed E-state index contributed by atoms with van der Waals surface area (Å²) in [5, 5.41) is 12.1. The summed E-state index contributed by atoms with van der Waals surface area (Å²) >= 11 is 1.16. The standard InChI is InChI=1S/C25H20FN5O2S/c1-15-11-12-20(16(2)13-15)30-23(33)17-7-3-6-10-21(17)31-24(30)28-29-25(31)34-14-22(32)27-19-9-5-4-8-18(19)26/h3-13H,14H2,1-2H3,(H,27,32). The maximum absolute atomic E-state index is 13.9. The first-order chi connectivity index (χ1) is 16.4. The smallest absolute Gasteiger partial charge is 0.267 e. The fraction of sp³-hybridized carbons (Fsp3) is 0.120. The Labute approximate surface area is 198 Å². The van der Waals surface area contributed by atoms with Crippen molar-refractivity contribution >= 4 is 40.0 Å². The highest BCUT2D eigenvalue weighted by atomic mass is 32.2. The Morgan fingerprint density at radius 2 is 1.79 bits per heavy atom. The van der Waals surface area contributed by atoms with Crippen LogP contribution in [0.2, 0.25) is 0 Å². The van der Waals surface area contributed by atoms with E-state index in [4.69, 9.17) is 0 Å². The largest absolute Gasteiger partial charge is 0.323 e. The number of nitrogens with one attached hydrogen (secondary N) is 1. The molecule has 0 bridgehead atoms. The van der Waals surface area contributed by atoms with E-state index < -0.39 is 5.82 Å². The van der Waals surface area contributed by atoms with E-state index in [0.717, 1.165) is 22.9 Å². The molecule has 0 saturated heterocycles. The lowest BCUT2D eigenvalue weighted by molar-refractivity contribution is -0.113. The topological polar surface area (TPSA) is 81.3 Å². The molecule has 9 heteroatoms. The number of benzene rings is 3. The molecule has 0 fully saturated rings. The van der Waals surface area contributed by atoms with Gasteiger partial charge in [-0.05, 0) is 49.7 Å². The molecule has 170 valence electrons. The van der Waals surface area contributed by atoms with Gasteiger partial charge in [-0.25, -0.2) is 8.96 Å². The van der Waals surface area contributed by atoms with Crippen LogP contribution in [-0.2, 0) is 4.79 Å². The zero-order valence-electron chi connectivity index (χ0n) is 18.4. The number of rotatable bonds is 5. The summed E-state index contributed by atoms with van der Waals surface area (Å²) in [5.74, 6) is -0.532. The van der Waals surface area contributed by atoms with Crippen LogP contribution in [0.5, 0.6) is 0 Å². The van der Waals surface area contributed by atoms with Gasteiger partial charge in [0.05, 0.1) is 28.0 Å². The van der Waals surface area contributed by atoms with Gasteiger partial charge >= 0.3 is 0 Å². The van der Waals surface area contributed by atoms with Gasteiger partial charge in [-0.15, -0.1) is 10.2 Å². The lowest BCUT2D eigenvalue weighted by Gasteiger charge is -2.13. The highest BCUT2D eigenvalue weighted by Crippen LogP contribution is 2.25. The number of carbonyl (C=O) groups is 1. The first-order valence-corrected chi connectivity index (χ1v) is 11.6. The highest BCUT2D eigenvalue weighted by molar-refractivity contribution is 7.99. The molecule has 5 rings (SSSR count). The Hall–Kier alpha value is -3.98. The lowest BCUT2D eigenvalue weighted by atomic mass is 10.1. The number of halogens is 1. The second-order valence-corrected chi connectivity index (χ2v) is 8.82. The number of aryl methyl sites for hydroxylation is 2. The summed E-state index contributed by atoms with van der Waals surface area (Å²) in [6, 6.07) is 19.1. The molecule has 1 N–H and O–H groups in total. The molecule has 5 aromatic rings. The van der Waals surface area contributed by atoms with Crippen LogP contribution < -0.4 is 10.9 Å². The van der Waals surface area contributed by atoms with Crippen LogP contribution in [0.3, 0.4) is 0 Å². The molecule has 0 aliphatic carbocycles. The third kappa shape index (κ3) is 3.84. The molecule has 7 nitrogen and oxygen atoms in total. The van der Waals surface area contributed by atoms with Crippen LogP contribution >= 0.6 is 11.8 Å². The van der Waals surface area contributed by atoms with Gasteiger partial charge in [-0.3, -0.25) is 14.0 Å².